The number of amides is 2. The highest BCUT2D eigenvalue weighted by molar-refractivity contribution is 7.08. The number of hydrogen-bond acceptors (Lipinski definition) is 7. The van der Waals surface area contributed by atoms with E-state index < -0.39 is 0 Å². The van der Waals surface area contributed by atoms with Crippen LogP contribution in [0.25, 0.3) is 11.5 Å². The fourth-order valence-corrected chi connectivity index (χ4v) is 4.83. The molecule has 1 aromatic carbocycles. The van der Waals surface area contributed by atoms with Gasteiger partial charge < -0.3 is 9.32 Å². The minimum atomic E-state index is -0.174. The van der Waals surface area contributed by atoms with Crippen LogP contribution in [0.2, 0.25) is 0 Å². The van der Waals surface area contributed by atoms with Gasteiger partial charge in [-0.25, -0.2) is 0 Å². The van der Waals surface area contributed by atoms with E-state index in [2.05, 4.69) is 15.1 Å². The summed E-state index contributed by atoms with van der Waals surface area (Å²) in [4.78, 5) is 28.6. The van der Waals surface area contributed by atoms with E-state index in [1.165, 1.54) is 4.90 Å². The molecule has 0 N–H and O–H groups in total. The van der Waals surface area contributed by atoms with Gasteiger partial charge in [0.15, 0.2) is 0 Å². The van der Waals surface area contributed by atoms with Crippen molar-refractivity contribution in [3.05, 3.63) is 58.1 Å². The second-order valence-corrected chi connectivity index (χ2v) is 8.51. The number of fused-ring (bicyclic) bond motifs is 1. The summed E-state index contributed by atoms with van der Waals surface area (Å²) < 4.78 is 5.89. The Morgan fingerprint density at radius 1 is 1.00 bits per heavy atom. The molecule has 0 spiro atoms. The molecule has 0 bridgehead atoms. The lowest BCUT2D eigenvalue weighted by molar-refractivity contribution is 0.0645. The fourth-order valence-electron chi connectivity index (χ4n) is 4.20. The van der Waals surface area contributed by atoms with Crippen molar-refractivity contribution in [2.75, 3.05) is 26.2 Å². The average Bonchev–Trinajstić information content (AvgIpc) is 3.52. The van der Waals surface area contributed by atoms with E-state index in [0.29, 0.717) is 23.6 Å². The fraction of sp³-hybridized carbons (Fsp3) is 0.364. The number of aromatic nitrogens is 2. The normalized spacial score (nSPS) is 17.7. The third-order valence-corrected chi connectivity index (χ3v) is 6.56. The van der Waals surface area contributed by atoms with Crippen molar-refractivity contribution in [2.24, 2.45) is 0 Å². The van der Waals surface area contributed by atoms with Crippen molar-refractivity contribution in [1.82, 2.24) is 20.0 Å². The Hall–Kier alpha value is -2.84. The quantitative estimate of drug-likeness (QED) is 0.564. The van der Waals surface area contributed by atoms with Crippen molar-refractivity contribution in [2.45, 2.75) is 25.2 Å². The molecular weight excluding hydrogens is 400 g/mol. The lowest BCUT2D eigenvalue weighted by Crippen LogP contribution is -2.37. The van der Waals surface area contributed by atoms with Crippen LogP contribution < -0.4 is 0 Å². The lowest BCUT2D eigenvalue weighted by atomic mass is 9.97. The minimum absolute atomic E-state index is 0.174. The summed E-state index contributed by atoms with van der Waals surface area (Å²) in [5, 5.41) is 12.5. The van der Waals surface area contributed by atoms with Crippen LogP contribution in [-0.4, -0.2) is 58.0 Å². The molecule has 0 unspecified atom stereocenters. The van der Waals surface area contributed by atoms with Crippen LogP contribution in [-0.2, 0) is 0 Å². The molecule has 0 saturated carbocycles. The van der Waals surface area contributed by atoms with E-state index in [-0.39, 0.29) is 17.7 Å². The predicted octanol–water partition coefficient (Wildman–Crippen LogP) is 3.66. The van der Waals surface area contributed by atoms with E-state index in [4.69, 9.17) is 4.42 Å². The number of hydrogen-bond donors (Lipinski definition) is 0. The molecule has 2 aliphatic heterocycles. The Labute approximate surface area is 178 Å². The van der Waals surface area contributed by atoms with Crippen molar-refractivity contribution in [1.29, 1.82) is 0 Å². The van der Waals surface area contributed by atoms with Crippen LogP contribution in [0.3, 0.4) is 0 Å². The van der Waals surface area contributed by atoms with Gasteiger partial charge in [-0.05, 0) is 62.5 Å². The van der Waals surface area contributed by atoms with Gasteiger partial charge in [-0.3, -0.25) is 14.5 Å². The number of thiophene rings is 1. The number of benzene rings is 1. The van der Waals surface area contributed by atoms with Gasteiger partial charge in [-0.15, -0.1) is 10.2 Å². The zero-order valence-corrected chi connectivity index (χ0v) is 17.3. The number of carbonyl (C=O) groups is 2. The largest absolute Gasteiger partial charge is 0.420 e. The summed E-state index contributed by atoms with van der Waals surface area (Å²) in [6, 6.07) is 9.02. The molecule has 1 fully saturated rings. The maximum atomic E-state index is 12.4. The first kappa shape index (κ1) is 19.1. The van der Waals surface area contributed by atoms with Gasteiger partial charge >= 0.3 is 0 Å². The molecule has 8 heteroatoms. The first-order valence-corrected chi connectivity index (χ1v) is 11.2. The van der Waals surface area contributed by atoms with Crippen LogP contribution in [0.15, 0.2) is 45.5 Å². The van der Waals surface area contributed by atoms with Gasteiger partial charge in [-0.1, -0.05) is 12.1 Å². The van der Waals surface area contributed by atoms with Crippen molar-refractivity contribution >= 4 is 23.2 Å². The number of nitrogens with zero attached hydrogens (tertiary/aromatic N) is 4. The molecule has 3 aromatic rings. The number of rotatable bonds is 6. The Balaban J connectivity index is 1.10. The molecule has 0 radical (unpaired) electrons. The molecule has 30 heavy (non-hydrogen) atoms. The third kappa shape index (κ3) is 3.57. The predicted molar refractivity (Wildman–Crippen MR) is 112 cm³/mol. The van der Waals surface area contributed by atoms with Crippen molar-refractivity contribution in [3.8, 4) is 11.5 Å². The Bertz CT molecular complexity index is 1020. The summed E-state index contributed by atoms with van der Waals surface area (Å²) >= 11 is 1.61. The standard InChI is InChI=1S/C22H22N4O3S/c27-21-17-4-1-2-5-18(17)22(28)26(21)10-3-9-25-11-6-15(7-12-25)19-23-24-20(29-19)16-8-13-30-14-16/h1-2,4-5,8,13-15H,3,6-7,9-12H2. The summed E-state index contributed by atoms with van der Waals surface area (Å²) in [5.74, 6) is 1.26. The van der Waals surface area contributed by atoms with Crippen LogP contribution in [0.5, 0.6) is 0 Å². The molecule has 2 aromatic heterocycles. The first-order chi connectivity index (χ1) is 14.7. The number of piperidine rings is 1. The van der Waals surface area contributed by atoms with E-state index >= 15 is 0 Å². The van der Waals surface area contributed by atoms with E-state index in [1.54, 1.807) is 35.6 Å². The van der Waals surface area contributed by atoms with E-state index in [9.17, 15) is 9.59 Å². The van der Waals surface area contributed by atoms with Gasteiger partial charge in [0.2, 0.25) is 11.8 Å². The molecule has 5 rings (SSSR count). The molecular formula is C22H22N4O3S. The van der Waals surface area contributed by atoms with Crippen LogP contribution in [0.1, 0.15) is 51.8 Å². The third-order valence-electron chi connectivity index (χ3n) is 5.88. The molecule has 0 atom stereocenters. The molecule has 4 heterocycles. The van der Waals surface area contributed by atoms with Gasteiger partial charge in [-0.2, -0.15) is 11.3 Å². The summed E-state index contributed by atoms with van der Waals surface area (Å²) in [6.45, 7) is 3.22. The second kappa shape index (κ2) is 8.12. The highest BCUT2D eigenvalue weighted by atomic mass is 32.1. The summed E-state index contributed by atoms with van der Waals surface area (Å²) in [7, 11) is 0. The molecule has 2 aliphatic rings. The van der Waals surface area contributed by atoms with Crippen molar-refractivity contribution < 1.29 is 14.0 Å². The average molecular weight is 423 g/mol. The van der Waals surface area contributed by atoms with E-state index in [0.717, 1.165) is 50.4 Å². The molecule has 154 valence electrons. The van der Waals surface area contributed by atoms with Gasteiger partial charge in [0.25, 0.3) is 11.8 Å². The molecule has 7 nitrogen and oxygen atoms in total. The maximum absolute atomic E-state index is 12.4. The number of imide groups is 1. The van der Waals surface area contributed by atoms with Crippen molar-refractivity contribution in [3.63, 3.8) is 0 Å². The SMILES string of the molecule is O=C1c2ccccc2C(=O)N1CCCN1CCC(c2nnc(-c3ccsc3)o2)CC1. The number of likely N-dealkylation sites (tertiary alicyclic amines) is 1. The zero-order chi connectivity index (χ0) is 20.5. The smallest absolute Gasteiger partial charge is 0.261 e. The van der Waals surface area contributed by atoms with Gasteiger partial charge in [0.05, 0.1) is 11.1 Å². The number of carbonyl (C=O) groups excluding carboxylic acids is 2. The molecule has 0 aliphatic carbocycles. The topological polar surface area (TPSA) is 79.5 Å². The Morgan fingerprint density at radius 2 is 1.73 bits per heavy atom. The van der Waals surface area contributed by atoms with Gasteiger partial charge in [0, 0.05) is 23.4 Å². The van der Waals surface area contributed by atoms with Crippen LogP contribution in [0.4, 0.5) is 0 Å². The highest BCUT2D eigenvalue weighted by Crippen LogP contribution is 2.30. The monoisotopic (exact) mass is 422 g/mol. The lowest BCUT2D eigenvalue weighted by Gasteiger charge is -2.30. The second-order valence-electron chi connectivity index (χ2n) is 7.73. The van der Waals surface area contributed by atoms with Gasteiger partial charge in [0.1, 0.15) is 0 Å². The summed E-state index contributed by atoms with van der Waals surface area (Å²) in [6.07, 6.45) is 2.72. The highest BCUT2D eigenvalue weighted by Gasteiger charge is 2.34. The minimum Gasteiger partial charge on any atom is -0.420 e. The maximum Gasteiger partial charge on any atom is 0.261 e. The zero-order valence-electron chi connectivity index (χ0n) is 16.5. The Morgan fingerprint density at radius 3 is 2.40 bits per heavy atom. The van der Waals surface area contributed by atoms with E-state index in [1.807, 2.05) is 16.8 Å². The summed E-state index contributed by atoms with van der Waals surface area (Å²) in [5.41, 5.74) is 2.01. The first-order valence-electron chi connectivity index (χ1n) is 10.2. The Kier molecular flexibility index (Phi) is 5.18. The molecule has 1 saturated heterocycles. The van der Waals surface area contributed by atoms with Crippen LogP contribution in [0, 0.1) is 0 Å². The van der Waals surface area contributed by atoms with Crippen LogP contribution >= 0.6 is 11.3 Å². The molecule has 2 amide bonds.